The lowest BCUT2D eigenvalue weighted by atomic mass is 9.77. The van der Waals surface area contributed by atoms with Crippen LogP contribution in [0.4, 0.5) is 11.4 Å². The average molecular weight is 485 g/mol. The number of hydrogen-bond acceptors (Lipinski definition) is 3. The van der Waals surface area contributed by atoms with Gasteiger partial charge in [-0.15, -0.1) is 0 Å². The molecular weight excluding hydrogens is 452 g/mol. The highest BCUT2D eigenvalue weighted by Gasteiger charge is 2.37. The van der Waals surface area contributed by atoms with Crippen molar-refractivity contribution < 1.29 is 4.74 Å². The number of anilines is 1. The SMILES string of the molecule is Cc1cc(C)cc(COc2ccccc2C=Nc2ccc([C@@H]3Nc4ccccc4[C@@H]4C=CC[C@@H]43)cc2)c1. The maximum atomic E-state index is 6.18. The Labute approximate surface area is 219 Å². The number of nitrogens with one attached hydrogen (secondary N) is 1. The van der Waals surface area contributed by atoms with Crippen molar-refractivity contribution in [2.24, 2.45) is 10.9 Å². The normalized spacial score (nSPS) is 19.9. The first-order chi connectivity index (χ1) is 18.1. The third-order valence-electron chi connectivity index (χ3n) is 7.47. The minimum absolute atomic E-state index is 0.298. The molecule has 0 fully saturated rings. The van der Waals surface area contributed by atoms with Crippen LogP contribution in [0.25, 0.3) is 0 Å². The average Bonchev–Trinajstić information content (AvgIpc) is 3.41. The summed E-state index contributed by atoms with van der Waals surface area (Å²) in [6, 6.07) is 32.3. The van der Waals surface area contributed by atoms with Crippen LogP contribution < -0.4 is 10.1 Å². The van der Waals surface area contributed by atoms with Crippen LogP contribution in [0.2, 0.25) is 0 Å². The fraction of sp³-hybridized carbons (Fsp3) is 0.206. The highest BCUT2D eigenvalue weighted by molar-refractivity contribution is 5.85. The molecule has 1 aliphatic heterocycles. The third-order valence-corrected chi connectivity index (χ3v) is 7.47. The molecule has 3 heteroatoms. The molecule has 37 heavy (non-hydrogen) atoms. The lowest BCUT2D eigenvalue weighted by molar-refractivity contribution is 0.305. The summed E-state index contributed by atoms with van der Waals surface area (Å²) in [7, 11) is 0. The summed E-state index contributed by atoms with van der Waals surface area (Å²) >= 11 is 0. The quantitative estimate of drug-likeness (QED) is 0.220. The monoisotopic (exact) mass is 484 g/mol. The smallest absolute Gasteiger partial charge is 0.128 e. The van der Waals surface area contributed by atoms with Gasteiger partial charge in [0.1, 0.15) is 12.4 Å². The predicted octanol–water partition coefficient (Wildman–Crippen LogP) is 8.46. The number of ether oxygens (including phenoxy) is 1. The maximum absolute atomic E-state index is 6.18. The van der Waals surface area contributed by atoms with Gasteiger partial charge in [-0.05, 0) is 73.2 Å². The predicted molar refractivity (Wildman–Crippen MR) is 153 cm³/mol. The molecule has 0 amide bonds. The van der Waals surface area contributed by atoms with Gasteiger partial charge in [0.2, 0.25) is 0 Å². The standard InChI is InChI=1S/C34H32N2O/c1-23-18-24(2)20-25(19-23)22-37-33-13-6-3-8-27(33)21-35-28-16-14-26(15-17-28)34-31-11-7-10-29(31)30-9-4-5-12-32(30)36-34/h3-10,12-21,29,31,34,36H,11,22H2,1-2H3/t29-,31-,34-/m0/s1. The Hall–Kier alpha value is -4.11. The van der Waals surface area contributed by atoms with Crippen molar-refractivity contribution in [3.8, 4) is 5.75 Å². The van der Waals surface area contributed by atoms with Crippen molar-refractivity contribution in [1.82, 2.24) is 0 Å². The fourth-order valence-corrected chi connectivity index (χ4v) is 5.82. The number of para-hydroxylation sites is 2. The minimum atomic E-state index is 0.298. The summed E-state index contributed by atoms with van der Waals surface area (Å²) in [6.45, 7) is 4.78. The zero-order valence-corrected chi connectivity index (χ0v) is 21.4. The first kappa shape index (κ1) is 23.3. The lowest BCUT2D eigenvalue weighted by Crippen LogP contribution is -2.28. The third kappa shape index (κ3) is 4.95. The van der Waals surface area contributed by atoms with E-state index < -0.39 is 0 Å². The van der Waals surface area contributed by atoms with Gasteiger partial charge in [-0.25, -0.2) is 0 Å². The van der Waals surface area contributed by atoms with Crippen LogP contribution in [0.15, 0.2) is 108 Å². The number of aliphatic imine (C=N–C) groups is 1. The van der Waals surface area contributed by atoms with Crippen LogP contribution in [0, 0.1) is 19.8 Å². The molecule has 6 rings (SSSR count). The second-order valence-electron chi connectivity index (χ2n) is 10.2. The van der Waals surface area contributed by atoms with E-state index in [0.717, 1.165) is 23.4 Å². The number of rotatable bonds is 6. The lowest BCUT2D eigenvalue weighted by Gasteiger charge is -2.37. The molecule has 0 aromatic heterocycles. The fourth-order valence-electron chi connectivity index (χ4n) is 5.82. The molecule has 1 aliphatic carbocycles. The second-order valence-corrected chi connectivity index (χ2v) is 10.2. The molecule has 3 atom stereocenters. The van der Waals surface area contributed by atoms with Crippen LogP contribution in [0.3, 0.4) is 0 Å². The topological polar surface area (TPSA) is 33.6 Å². The first-order valence-corrected chi connectivity index (χ1v) is 13.1. The van der Waals surface area contributed by atoms with Crippen LogP contribution in [-0.4, -0.2) is 6.21 Å². The molecule has 184 valence electrons. The Morgan fingerprint density at radius 1 is 0.892 bits per heavy atom. The van der Waals surface area contributed by atoms with Gasteiger partial charge >= 0.3 is 0 Å². The number of hydrogen-bond donors (Lipinski definition) is 1. The van der Waals surface area contributed by atoms with Gasteiger partial charge in [0, 0.05) is 23.4 Å². The second kappa shape index (κ2) is 10.1. The minimum Gasteiger partial charge on any atom is -0.488 e. The molecular formula is C34H32N2O. The summed E-state index contributed by atoms with van der Waals surface area (Å²) in [6.07, 6.45) is 7.73. The first-order valence-electron chi connectivity index (χ1n) is 13.1. The number of allylic oxidation sites excluding steroid dienone is 2. The Bertz CT molecular complexity index is 1450. The van der Waals surface area contributed by atoms with Crippen molar-refractivity contribution in [2.45, 2.75) is 38.8 Å². The van der Waals surface area contributed by atoms with Crippen LogP contribution >= 0.6 is 0 Å². The summed E-state index contributed by atoms with van der Waals surface area (Å²) in [5.74, 6) is 1.87. The zero-order chi connectivity index (χ0) is 25.2. The van der Waals surface area contributed by atoms with E-state index in [1.807, 2.05) is 30.5 Å². The van der Waals surface area contributed by atoms with E-state index in [4.69, 9.17) is 9.73 Å². The molecule has 0 saturated heterocycles. The van der Waals surface area contributed by atoms with E-state index in [2.05, 4.69) is 98.0 Å². The molecule has 0 bridgehead atoms. The van der Waals surface area contributed by atoms with Gasteiger partial charge in [-0.3, -0.25) is 4.99 Å². The largest absolute Gasteiger partial charge is 0.488 e. The molecule has 0 unspecified atom stereocenters. The van der Waals surface area contributed by atoms with Crippen molar-refractivity contribution in [3.05, 3.63) is 137 Å². The van der Waals surface area contributed by atoms with Crippen LogP contribution in [0.1, 0.15) is 51.8 Å². The van der Waals surface area contributed by atoms with Crippen LogP contribution in [-0.2, 0) is 6.61 Å². The number of fused-ring (bicyclic) bond motifs is 3. The molecule has 1 heterocycles. The summed E-state index contributed by atoms with van der Waals surface area (Å²) < 4.78 is 6.18. The van der Waals surface area contributed by atoms with E-state index in [-0.39, 0.29) is 0 Å². The summed E-state index contributed by atoms with van der Waals surface area (Å²) in [5.41, 5.74) is 9.57. The molecule has 0 radical (unpaired) electrons. The molecule has 3 nitrogen and oxygen atoms in total. The van der Waals surface area contributed by atoms with Crippen molar-refractivity contribution in [1.29, 1.82) is 0 Å². The van der Waals surface area contributed by atoms with Crippen molar-refractivity contribution >= 4 is 17.6 Å². The molecule has 4 aromatic carbocycles. The molecule has 0 saturated carbocycles. The van der Waals surface area contributed by atoms with Crippen molar-refractivity contribution in [3.63, 3.8) is 0 Å². The highest BCUT2D eigenvalue weighted by atomic mass is 16.5. The zero-order valence-electron chi connectivity index (χ0n) is 21.4. The van der Waals surface area contributed by atoms with Gasteiger partial charge in [-0.1, -0.05) is 83.9 Å². The maximum Gasteiger partial charge on any atom is 0.128 e. The van der Waals surface area contributed by atoms with E-state index >= 15 is 0 Å². The van der Waals surface area contributed by atoms with E-state index in [1.54, 1.807) is 0 Å². The highest BCUT2D eigenvalue weighted by Crippen LogP contribution is 2.49. The number of nitrogens with zero attached hydrogens (tertiary/aromatic N) is 1. The van der Waals surface area contributed by atoms with Gasteiger partial charge in [0.25, 0.3) is 0 Å². The number of benzene rings is 4. The number of aryl methyl sites for hydroxylation is 2. The van der Waals surface area contributed by atoms with E-state index in [9.17, 15) is 0 Å². The van der Waals surface area contributed by atoms with Gasteiger partial charge < -0.3 is 10.1 Å². The van der Waals surface area contributed by atoms with Gasteiger partial charge in [0.05, 0.1) is 11.7 Å². The molecule has 1 N–H and O–H groups in total. The van der Waals surface area contributed by atoms with Crippen LogP contribution in [0.5, 0.6) is 5.75 Å². The van der Waals surface area contributed by atoms with Crippen molar-refractivity contribution in [2.75, 3.05) is 5.32 Å². The van der Waals surface area contributed by atoms with E-state index in [1.165, 1.54) is 33.5 Å². The molecule has 4 aromatic rings. The summed E-state index contributed by atoms with van der Waals surface area (Å²) in [5, 5.41) is 3.81. The van der Waals surface area contributed by atoms with Gasteiger partial charge in [-0.2, -0.15) is 0 Å². The Kier molecular flexibility index (Phi) is 6.36. The van der Waals surface area contributed by atoms with Gasteiger partial charge in [0.15, 0.2) is 0 Å². The molecule has 2 aliphatic rings. The van der Waals surface area contributed by atoms with E-state index in [0.29, 0.717) is 24.5 Å². The summed E-state index contributed by atoms with van der Waals surface area (Å²) in [4.78, 5) is 4.77. The Balaban J connectivity index is 1.17. The Morgan fingerprint density at radius 2 is 1.65 bits per heavy atom. The molecule has 0 spiro atoms. The Morgan fingerprint density at radius 3 is 2.49 bits per heavy atom.